The van der Waals surface area contributed by atoms with E-state index < -0.39 is 4.92 Å². The highest BCUT2D eigenvalue weighted by Gasteiger charge is 2.21. The van der Waals surface area contributed by atoms with Gasteiger partial charge in [0, 0.05) is 29.3 Å². The summed E-state index contributed by atoms with van der Waals surface area (Å²) in [5, 5.41) is 14.7. The molecule has 5 aromatic rings. The van der Waals surface area contributed by atoms with E-state index in [4.69, 9.17) is 0 Å². The average molecular weight is 466 g/mol. The number of anilines is 1. The number of nitrogens with zero attached hydrogens (tertiary/aromatic N) is 4. The Morgan fingerprint density at radius 3 is 2.54 bits per heavy atom. The van der Waals surface area contributed by atoms with E-state index in [2.05, 4.69) is 10.3 Å². The van der Waals surface area contributed by atoms with Gasteiger partial charge in [-0.3, -0.25) is 24.7 Å². The number of non-ortho nitro benzene ring substituents is 1. The number of hydrogen-bond acceptors (Lipinski definition) is 5. The number of nitrogens with one attached hydrogen (secondary N) is 1. The molecule has 1 N–H and O–H groups in total. The maximum Gasteiger partial charge on any atom is 0.269 e. The Labute approximate surface area is 199 Å². The minimum absolute atomic E-state index is 0.0280. The van der Waals surface area contributed by atoms with Gasteiger partial charge in [-0.25, -0.2) is 9.13 Å². The number of benzene rings is 3. The van der Waals surface area contributed by atoms with Crippen molar-refractivity contribution in [3.63, 3.8) is 0 Å². The molecule has 0 radical (unpaired) electrons. The van der Waals surface area contributed by atoms with Gasteiger partial charge in [0.15, 0.2) is 24.1 Å². The number of rotatable bonds is 7. The van der Waals surface area contributed by atoms with Crippen LogP contribution in [0.3, 0.4) is 0 Å². The molecule has 0 atom stereocenters. The molecule has 9 heteroatoms. The van der Waals surface area contributed by atoms with Crippen LogP contribution in [0.4, 0.5) is 11.4 Å². The molecule has 2 heterocycles. The van der Waals surface area contributed by atoms with E-state index in [1.807, 2.05) is 54.6 Å². The molecule has 35 heavy (non-hydrogen) atoms. The Morgan fingerprint density at radius 1 is 0.971 bits per heavy atom. The number of carbonyl (C=O) groups excluding carboxylic acids is 2. The van der Waals surface area contributed by atoms with E-state index in [-0.39, 0.29) is 30.5 Å². The molecule has 5 rings (SSSR count). The predicted octanol–water partition coefficient (Wildman–Crippen LogP) is 3.91. The van der Waals surface area contributed by atoms with Crippen molar-refractivity contribution in [1.29, 1.82) is 0 Å². The second-order valence-electron chi connectivity index (χ2n) is 8.02. The molecule has 9 nitrogen and oxygen atoms in total. The fourth-order valence-electron chi connectivity index (χ4n) is 4.06. The Hall–Kier alpha value is -4.92. The molecule has 0 spiro atoms. The van der Waals surface area contributed by atoms with Crippen molar-refractivity contribution in [3.05, 3.63) is 107 Å². The molecule has 0 unspecified atom stereocenters. The van der Waals surface area contributed by atoms with Crippen LogP contribution in [0.25, 0.3) is 21.9 Å². The smallest absolute Gasteiger partial charge is 0.269 e. The van der Waals surface area contributed by atoms with Crippen LogP contribution >= 0.6 is 0 Å². The minimum Gasteiger partial charge on any atom is -0.321 e. The van der Waals surface area contributed by atoms with Crippen molar-refractivity contribution in [2.24, 2.45) is 0 Å². The van der Waals surface area contributed by atoms with Crippen molar-refractivity contribution in [3.8, 4) is 0 Å². The van der Waals surface area contributed by atoms with Gasteiger partial charge >= 0.3 is 0 Å². The zero-order chi connectivity index (χ0) is 24.4. The Kier molecular flexibility index (Phi) is 5.72. The van der Waals surface area contributed by atoms with E-state index in [0.717, 1.165) is 16.4 Å². The number of Topliss-reactive ketones (excluding diaryl/α,β-unsaturated/α-hetero) is 1. The van der Waals surface area contributed by atoms with Gasteiger partial charge in [-0.05, 0) is 36.4 Å². The molecule has 172 valence electrons. The number of carbonyl (C=O) groups is 2. The van der Waals surface area contributed by atoms with E-state index >= 15 is 0 Å². The molecule has 1 amide bonds. The average Bonchev–Trinajstić information content (AvgIpc) is 3.21. The fraction of sp³-hybridized carbons (Fsp3) is 0.0769. The first-order valence-electron chi connectivity index (χ1n) is 10.9. The van der Waals surface area contributed by atoms with Crippen LogP contribution in [0.2, 0.25) is 0 Å². The van der Waals surface area contributed by atoms with Crippen molar-refractivity contribution >= 4 is 45.0 Å². The fourth-order valence-corrected chi connectivity index (χ4v) is 4.06. The lowest BCUT2D eigenvalue weighted by molar-refractivity contribution is -0.657. The molecule has 0 saturated heterocycles. The summed E-state index contributed by atoms with van der Waals surface area (Å²) in [6, 6.07) is 22.4. The number of nitro groups is 1. The van der Waals surface area contributed by atoms with Crippen LogP contribution in [-0.4, -0.2) is 26.2 Å². The molecule has 0 aliphatic rings. The number of imidazole rings is 1. The Balaban J connectivity index is 1.38. The minimum atomic E-state index is -0.504. The summed E-state index contributed by atoms with van der Waals surface area (Å²) in [5.41, 5.74) is 3.24. The number of aromatic nitrogens is 3. The number of ketones is 1. The standard InChI is InChI=1S/C26H19N5O4/c32-24(18-10-12-20(13-11-18)31(34)35)15-29-17-30(23-9-2-1-8-22(23)29)16-25(33)28-21-7-3-5-19-6-4-14-27-26(19)21/h1-14,17H,15-16H2/p+1. The van der Waals surface area contributed by atoms with E-state index in [1.165, 1.54) is 24.3 Å². The van der Waals surface area contributed by atoms with Gasteiger partial charge in [0.2, 0.25) is 12.1 Å². The maximum absolute atomic E-state index is 12.9. The summed E-state index contributed by atoms with van der Waals surface area (Å²) in [6.07, 6.45) is 3.41. The summed E-state index contributed by atoms with van der Waals surface area (Å²) in [5.74, 6) is -0.420. The third-order valence-electron chi connectivity index (χ3n) is 5.71. The Morgan fingerprint density at radius 2 is 1.74 bits per heavy atom. The van der Waals surface area contributed by atoms with E-state index in [1.54, 1.807) is 21.7 Å². The van der Waals surface area contributed by atoms with Crippen molar-refractivity contribution in [2.45, 2.75) is 13.1 Å². The summed E-state index contributed by atoms with van der Waals surface area (Å²) in [7, 11) is 0. The van der Waals surface area contributed by atoms with Crippen LogP contribution in [0.5, 0.6) is 0 Å². The quantitative estimate of drug-likeness (QED) is 0.169. The van der Waals surface area contributed by atoms with Gasteiger partial charge in [0.1, 0.15) is 0 Å². The molecular formula is C26H20N5O4+. The third-order valence-corrected chi connectivity index (χ3v) is 5.71. The SMILES string of the molecule is O=C(Cn1c[n+](CC(=O)c2ccc([N+](=O)[O-])cc2)c2ccccc21)Nc1cccc2cccnc12. The summed E-state index contributed by atoms with van der Waals surface area (Å²) >= 11 is 0. The molecule has 0 saturated carbocycles. The highest BCUT2D eigenvalue weighted by molar-refractivity contribution is 6.00. The molecule has 0 aliphatic carbocycles. The topological polar surface area (TPSA) is 111 Å². The first kappa shape index (κ1) is 21.9. The van der Waals surface area contributed by atoms with Crippen LogP contribution in [0, 0.1) is 10.1 Å². The van der Waals surface area contributed by atoms with E-state index in [9.17, 15) is 19.7 Å². The largest absolute Gasteiger partial charge is 0.321 e. The van der Waals surface area contributed by atoms with E-state index in [0.29, 0.717) is 16.8 Å². The van der Waals surface area contributed by atoms with Gasteiger partial charge < -0.3 is 5.32 Å². The normalized spacial score (nSPS) is 11.0. The number of amides is 1. The lowest BCUT2D eigenvalue weighted by Gasteiger charge is -2.07. The lowest BCUT2D eigenvalue weighted by Crippen LogP contribution is -2.37. The van der Waals surface area contributed by atoms with Crippen molar-refractivity contribution in [2.75, 3.05) is 5.32 Å². The molecule has 0 aliphatic heterocycles. The van der Waals surface area contributed by atoms with Crippen LogP contribution < -0.4 is 9.88 Å². The number of pyridine rings is 1. The third kappa shape index (κ3) is 4.47. The second-order valence-corrected chi connectivity index (χ2v) is 8.02. The molecule has 3 aromatic carbocycles. The highest BCUT2D eigenvalue weighted by Crippen LogP contribution is 2.21. The van der Waals surface area contributed by atoms with Crippen molar-refractivity contribution in [1.82, 2.24) is 9.55 Å². The van der Waals surface area contributed by atoms with Gasteiger partial charge in [0.05, 0.1) is 16.1 Å². The summed E-state index contributed by atoms with van der Waals surface area (Å²) in [6.45, 7) is 0.0721. The van der Waals surface area contributed by atoms with Crippen molar-refractivity contribution < 1.29 is 19.1 Å². The van der Waals surface area contributed by atoms with Gasteiger partial charge in [0.25, 0.3) is 11.6 Å². The first-order valence-corrected chi connectivity index (χ1v) is 10.9. The molecule has 0 fully saturated rings. The molecular weight excluding hydrogens is 446 g/mol. The number of nitro benzene ring substituents is 1. The summed E-state index contributed by atoms with van der Waals surface area (Å²) < 4.78 is 3.55. The zero-order valence-electron chi connectivity index (χ0n) is 18.5. The first-order chi connectivity index (χ1) is 17.0. The highest BCUT2D eigenvalue weighted by atomic mass is 16.6. The monoisotopic (exact) mass is 466 g/mol. The summed E-state index contributed by atoms with van der Waals surface area (Å²) in [4.78, 5) is 40.5. The Bertz CT molecular complexity index is 1590. The van der Waals surface area contributed by atoms with Gasteiger partial charge in [-0.1, -0.05) is 30.3 Å². The zero-order valence-corrected chi connectivity index (χ0v) is 18.5. The molecule has 2 aromatic heterocycles. The molecule has 0 bridgehead atoms. The number of para-hydroxylation sites is 3. The van der Waals surface area contributed by atoms with Gasteiger partial charge in [-0.15, -0.1) is 0 Å². The van der Waals surface area contributed by atoms with Gasteiger partial charge in [-0.2, -0.15) is 0 Å². The number of fused-ring (bicyclic) bond motifs is 2. The van der Waals surface area contributed by atoms with Crippen LogP contribution in [0.1, 0.15) is 10.4 Å². The van der Waals surface area contributed by atoms with Crippen LogP contribution in [0.15, 0.2) is 91.4 Å². The number of hydrogen-bond donors (Lipinski definition) is 1. The maximum atomic E-state index is 12.9. The lowest BCUT2D eigenvalue weighted by atomic mass is 10.1. The van der Waals surface area contributed by atoms with Crippen LogP contribution in [-0.2, 0) is 17.9 Å². The predicted molar refractivity (Wildman–Crippen MR) is 130 cm³/mol. The second kappa shape index (κ2) is 9.14.